The average Bonchev–Trinajstić information content (AvgIpc) is 3.31. The zero-order valence-electron chi connectivity index (χ0n) is 16.3. The van der Waals surface area contributed by atoms with Gasteiger partial charge in [0.25, 0.3) is 5.91 Å². The SMILES string of the molecule is Cc1c(C(=O)NCc2cnc3n2CCCC3)nnn1CCOc1ccc(F)cc1. The van der Waals surface area contributed by atoms with Gasteiger partial charge in [-0.1, -0.05) is 5.21 Å². The summed E-state index contributed by atoms with van der Waals surface area (Å²) in [7, 11) is 0. The first-order chi connectivity index (χ1) is 14.1. The standard InChI is InChI=1S/C20H23FN6O2/c1-14-19(20(28)23-13-16-12-22-18-4-2-3-9-26(16)18)24-25-27(14)10-11-29-17-7-5-15(21)6-8-17/h5-8,12H,2-4,9-11,13H2,1H3,(H,23,28). The second kappa shape index (κ2) is 8.42. The molecule has 4 rings (SSSR count). The highest BCUT2D eigenvalue weighted by Crippen LogP contribution is 2.16. The van der Waals surface area contributed by atoms with Crippen molar-refractivity contribution in [2.45, 2.75) is 45.8 Å². The number of nitrogens with zero attached hydrogens (tertiary/aromatic N) is 5. The van der Waals surface area contributed by atoms with E-state index in [1.807, 2.05) is 6.20 Å². The fourth-order valence-corrected chi connectivity index (χ4v) is 3.44. The van der Waals surface area contributed by atoms with Gasteiger partial charge in [0.05, 0.1) is 30.7 Å². The summed E-state index contributed by atoms with van der Waals surface area (Å²) in [5, 5.41) is 11.0. The largest absolute Gasteiger partial charge is 0.492 e. The molecule has 0 radical (unpaired) electrons. The smallest absolute Gasteiger partial charge is 0.274 e. The Morgan fingerprint density at radius 2 is 2.10 bits per heavy atom. The van der Waals surface area contributed by atoms with Crippen molar-refractivity contribution in [2.24, 2.45) is 0 Å². The van der Waals surface area contributed by atoms with Crippen LogP contribution in [0.5, 0.6) is 5.75 Å². The number of carbonyl (C=O) groups excluding carboxylic acids is 1. The maximum atomic E-state index is 12.9. The van der Waals surface area contributed by atoms with E-state index in [0.29, 0.717) is 36.8 Å². The van der Waals surface area contributed by atoms with Gasteiger partial charge in [-0.2, -0.15) is 0 Å². The summed E-state index contributed by atoms with van der Waals surface area (Å²) in [5.41, 5.74) is 1.97. The molecule has 1 aliphatic heterocycles. The van der Waals surface area contributed by atoms with Crippen LogP contribution in [0.1, 0.15) is 40.5 Å². The Kier molecular flexibility index (Phi) is 5.55. The molecule has 3 heterocycles. The number of rotatable bonds is 7. The molecule has 0 bridgehead atoms. The number of hydrogen-bond donors (Lipinski definition) is 1. The van der Waals surface area contributed by atoms with Crippen LogP contribution in [-0.4, -0.2) is 37.1 Å². The second-order valence-corrected chi connectivity index (χ2v) is 7.01. The lowest BCUT2D eigenvalue weighted by atomic mass is 10.1. The fourth-order valence-electron chi connectivity index (χ4n) is 3.44. The van der Waals surface area contributed by atoms with Crippen molar-refractivity contribution in [3.05, 3.63) is 59.2 Å². The lowest BCUT2D eigenvalue weighted by Gasteiger charge is -2.16. The minimum Gasteiger partial charge on any atom is -0.492 e. The van der Waals surface area contributed by atoms with E-state index in [4.69, 9.17) is 4.74 Å². The molecule has 0 fully saturated rings. The van der Waals surface area contributed by atoms with E-state index in [9.17, 15) is 9.18 Å². The van der Waals surface area contributed by atoms with Crippen molar-refractivity contribution in [1.29, 1.82) is 0 Å². The molecule has 8 nitrogen and oxygen atoms in total. The summed E-state index contributed by atoms with van der Waals surface area (Å²) in [6, 6.07) is 5.82. The van der Waals surface area contributed by atoms with Gasteiger partial charge in [-0.3, -0.25) is 4.79 Å². The first-order valence-corrected chi connectivity index (χ1v) is 9.72. The molecule has 0 spiro atoms. The highest BCUT2D eigenvalue weighted by molar-refractivity contribution is 5.93. The molecule has 2 aromatic heterocycles. The number of fused-ring (bicyclic) bond motifs is 1. The monoisotopic (exact) mass is 398 g/mol. The third kappa shape index (κ3) is 4.28. The molecule has 1 aromatic carbocycles. The van der Waals surface area contributed by atoms with Gasteiger partial charge < -0.3 is 14.6 Å². The molecule has 0 unspecified atom stereocenters. The molecule has 0 saturated heterocycles. The molecule has 29 heavy (non-hydrogen) atoms. The third-order valence-corrected chi connectivity index (χ3v) is 5.07. The van der Waals surface area contributed by atoms with Gasteiger partial charge in [0.2, 0.25) is 0 Å². The zero-order valence-corrected chi connectivity index (χ0v) is 16.3. The Bertz CT molecular complexity index is 995. The van der Waals surface area contributed by atoms with Crippen molar-refractivity contribution in [1.82, 2.24) is 29.9 Å². The predicted octanol–water partition coefficient (Wildman–Crippen LogP) is 2.27. The van der Waals surface area contributed by atoms with E-state index in [1.54, 1.807) is 23.7 Å². The Morgan fingerprint density at radius 3 is 2.93 bits per heavy atom. The number of benzene rings is 1. The predicted molar refractivity (Wildman–Crippen MR) is 103 cm³/mol. The number of aryl methyl sites for hydroxylation is 1. The molecule has 0 atom stereocenters. The molecule has 9 heteroatoms. The number of hydrogen-bond acceptors (Lipinski definition) is 5. The van der Waals surface area contributed by atoms with E-state index in [1.165, 1.54) is 12.1 Å². The highest BCUT2D eigenvalue weighted by Gasteiger charge is 2.18. The fraction of sp³-hybridized carbons (Fsp3) is 0.400. The van der Waals surface area contributed by atoms with Gasteiger partial charge in [0.1, 0.15) is 24.0 Å². The van der Waals surface area contributed by atoms with Crippen molar-refractivity contribution < 1.29 is 13.9 Å². The van der Waals surface area contributed by atoms with Crippen LogP contribution in [0.15, 0.2) is 30.5 Å². The first kappa shape index (κ1) is 19.1. The zero-order chi connectivity index (χ0) is 20.2. The molecule has 0 saturated carbocycles. The summed E-state index contributed by atoms with van der Waals surface area (Å²) >= 11 is 0. The van der Waals surface area contributed by atoms with Gasteiger partial charge in [0, 0.05) is 13.0 Å². The van der Waals surface area contributed by atoms with Crippen molar-refractivity contribution in [2.75, 3.05) is 6.61 Å². The summed E-state index contributed by atoms with van der Waals surface area (Å²) in [6.45, 7) is 3.92. The molecular formula is C20H23FN6O2. The number of halogens is 1. The Hall–Kier alpha value is -3.23. The Morgan fingerprint density at radius 1 is 1.28 bits per heavy atom. The van der Waals surface area contributed by atoms with Crippen LogP contribution in [0.25, 0.3) is 0 Å². The number of nitrogens with one attached hydrogen (secondary N) is 1. The number of aromatic nitrogens is 5. The van der Waals surface area contributed by atoms with E-state index in [-0.39, 0.29) is 11.7 Å². The van der Waals surface area contributed by atoms with Crippen molar-refractivity contribution in [3.63, 3.8) is 0 Å². The van der Waals surface area contributed by atoms with E-state index < -0.39 is 0 Å². The summed E-state index contributed by atoms with van der Waals surface area (Å²) in [6.07, 6.45) is 5.12. The van der Waals surface area contributed by atoms with Crippen LogP contribution in [-0.2, 0) is 26.1 Å². The second-order valence-electron chi connectivity index (χ2n) is 7.01. The topological polar surface area (TPSA) is 86.9 Å². The van der Waals surface area contributed by atoms with Crippen molar-refractivity contribution in [3.8, 4) is 5.75 Å². The molecule has 1 aliphatic rings. The lowest BCUT2D eigenvalue weighted by Crippen LogP contribution is -2.26. The Balaban J connectivity index is 1.32. The summed E-state index contributed by atoms with van der Waals surface area (Å²) in [5.74, 6) is 1.09. The Labute approximate surface area is 167 Å². The van der Waals surface area contributed by atoms with Crippen LogP contribution in [0, 0.1) is 12.7 Å². The van der Waals surface area contributed by atoms with Crippen LogP contribution >= 0.6 is 0 Å². The number of amides is 1. The van der Waals surface area contributed by atoms with Crippen LogP contribution < -0.4 is 10.1 Å². The minimum atomic E-state index is -0.309. The van der Waals surface area contributed by atoms with E-state index >= 15 is 0 Å². The van der Waals surface area contributed by atoms with E-state index in [0.717, 1.165) is 37.3 Å². The van der Waals surface area contributed by atoms with Crippen LogP contribution in [0.3, 0.4) is 0 Å². The summed E-state index contributed by atoms with van der Waals surface area (Å²) < 4.78 is 22.3. The average molecular weight is 398 g/mol. The molecule has 1 N–H and O–H groups in total. The van der Waals surface area contributed by atoms with Gasteiger partial charge in [0.15, 0.2) is 5.69 Å². The number of ether oxygens (including phenoxy) is 1. The number of imidazole rings is 1. The molecule has 0 aliphatic carbocycles. The maximum Gasteiger partial charge on any atom is 0.274 e. The maximum absolute atomic E-state index is 12.9. The van der Waals surface area contributed by atoms with Crippen LogP contribution in [0.4, 0.5) is 4.39 Å². The van der Waals surface area contributed by atoms with Crippen LogP contribution in [0.2, 0.25) is 0 Å². The molecular weight excluding hydrogens is 375 g/mol. The van der Waals surface area contributed by atoms with Gasteiger partial charge in [-0.05, 0) is 44.0 Å². The molecule has 3 aromatic rings. The normalized spacial score (nSPS) is 13.2. The first-order valence-electron chi connectivity index (χ1n) is 9.72. The number of carbonyl (C=O) groups is 1. The molecule has 152 valence electrons. The minimum absolute atomic E-state index is 0.264. The van der Waals surface area contributed by atoms with Crippen molar-refractivity contribution >= 4 is 5.91 Å². The lowest BCUT2D eigenvalue weighted by molar-refractivity contribution is 0.0944. The quantitative estimate of drug-likeness (QED) is 0.660. The van der Waals surface area contributed by atoms with E-state index in [2.05, 4.69) is 25.2 Å². The van der Waals surface area contributed by atoms with Gasteiger partial charge >= 0.3 is 0 Å². The third-order valence-electron chi connectivity index (χ3n) is 5.07. The van der Waals surface area contributed by atoms with Gasteiger partial charge in [-0.15, -0.1) is 5.10 Å². The molecule has 1 amide bonds. The summed E-state index contributed by atoms with van der Waals surface area (Å²) in [4.78, 5) is 17.0. The highest BCUT2D eigenvalue weighted by atomic mass is 19.1. The van der Waals surface area contributed by atoms with Gasteiger partial charge in [-0.25, -0.2) is 14.1 Å².